The Morgan fingerprint density at radius 3 is 2.35 bits per heavy atom. The lowest BCUT2D eigenvalue weighted by atomic mass is 10.1. The Hall–Kier alpha value is -2.57. The molecule has 1 aromatic rings. The highest BCUT2D eigenvalue weighted by atomic mass is 16.5. The van der Waals surface area contributed by atoms with E-state index in [1.165, 1.54) is 12.8 Å². The summed E-state index contributed by atoms with van der Waals surface area (Å²) in [6.07, 6.45) is 6.76. The topological polar surface area (TPSA) is 111 Å². The summed E-state index contributed by atoms with van der Waals surface area (Å²) in [7, 11) is 0. The maximum atomic E-state index is 12.3. The van der Waals surface area contributed by atoms with Gasteiger partial charge in [0, 0.05) is 12.5 Å². The van der Waals surface area contributed by atoms with Crippen LogP contribution in [0.2, 0.25) is 0 Å². The number of nitrogens with two attached hydrogens (primary N) is 1. The maximum Gasteiger partial charge on any atom is 0.329 e. The van der Waals surface area contributed by atoms with Crippen molar-refractivity contribution in [2.75, 3.05) is 6.61 Å². The number of primary amides is 1. The number of hydrogen-bond acceptors (Lipinski definition) is 4. The van der Waals surface area contributed by atoms with Crippen LogP contribution in [0.15, 0.2) is 30.3 Å². The van der Waals surface area contributed by atoms with Crippen molar-refractivity contribution in [3.8, 4) is 0 Å². The predicted molar refractivity (Wildman–Crippen MR) is 97.2 cm³/mol. The first-order valence-electron chi connectivity index (χ1n) is 9.10. The molecule has 0 bridgehead atoms. The lowest BCUT2D eigenvalue weighted by molar-refractivity contribution is -0.150. The molecule has 2 rings (SSSR count). The molecule has 142 valence electrons. The molecule has 26 heavy (non-hydrogen) atoms. The van der Waals surface area contributed by atoms with Crippen LogP contribution < -0.4 is 16.4 Å². The first-order valence-corrected chi connectivity index (χ1v) is 9.10. The zero-order valence-electron chi connectivity index (χ0n) is 14.9. The molecule has 0 heterocycles. The molecule has 0 spiro atoms. The van der Waals surface area contributed by atoms with Gasteiger partial charge in [-0.05, 0) is 18.4 Å². The van der Waals surface area contributed by atoms with E-state index < -0.39 is 18.0 Å². The molecule has 7 heteroatoms. The van der Waals surface area contributed by atoms with Crippen molar-refractivity contribution in [3.05, 3.63) is 35.9 Å². The molecule has 0 radical (unpaired) electrons. The molecule has 0 aromatic heterocycles. The first kappa shape index (κ1) is 19.8. The van der Waals surface area contributed by atoms with E-state index >= 15 is 0 Å². The lowest BCUT2D eigenvalue weighted by Crippen LogP contribution is -2.46. The molecule has 1 aliphatic carbocycles. The Kier molecular flexibility index (Phi) is 7.92. The Balaban J connectivity index is 1.83. The highest BCUT2D eigenvalue weighted by molar-refractivity contribution is 5.85. The van der Waals surface area contributed by atoms with Gasteiger partial charge in [0.25, 0.3) is 5.91 Å². The van der Waals surface area contributed by atoms with Crippen LogP contribution in [0.3, 0.4) is 0 Å². The standard InChI is InChI=1S/C19H27N3O4/c20-19(25)22-16(12-14-8-4-3-5-9-14)18(24)26-13-17(23)21-15-10-6-1-2-7-11-15/h3-5,8-9,15-16H,1-2,6-7,10-13H2,(H,21,23)(H3,20,22,25)/t16-/m0/s1. The number of ether oxygens (including phenoxy) is 1. The molecule has 1 fully saturated rings. The summed E-state index contributed by atoms with van der Waals surface area (Å²) < 4.78 is 5.09. The van der Waals surface area contributed by atoms with E-state index in [0.29, 0.717) is 0 Å². The highest BCUT2D eigenvalue weighted by Gasteiger charge is 2.23. The van der Waals surface area contributed by atoms with Gasteiger partial charge in [-0.3, -0.25) is 4.79 Å². The van der Waals surface area contributed by atoms with E-state index in [2.05, 4.69) is 10.6 Å². The van der Waals surface area contributed by atoms with Gasteiger partial charge in [0.2, 0.25) is 0 Å². The third kappa shape index (κ3) is 7.13. The summed E-state index contributed by atoms with van der Waals surface area (Å²) in [4.78, 5) is 35.5. The van der Waals surface area contributed by atoms with Crippen LogP contribution in [0.25, 0.3) is 0 Å². The summed E-state index contributed by atoms with van der Waals surface area (Å²) >= 11 is 0. The molecule has 1 aliphatic rings. The van der Waals surface area contributed by atoms with Crippen molar-refractivity contribution in [1.82, 2.24) is 10.6 Å². The number of esters is 1. The fourth-order valence-corrected chi connectivity index (χ4v) is 3.15. The van der Waals surface area contributed by atoms with Crippen LogP contribution in [0.4, 0.5) is 4.79 Å². The highest BCUT2D eigenvalue weighted by Crippen LogP contribution is 2.17. The molecular formula is C19H27N3O4. The molecule has 1 atom stereocenters. The molecule has 3 amide bonds. The zero-order chi connectivity index (χ0) is 18.8. The van der Waals surface area contributed by atoms with Crippen molar-refractivity contribution in [2.45, 2.75) is 57.0 Å². The Morgan fingerprint density at radius 2 is 1.73 bits per heavy atom. The third-order valence-corrected chi connectivity index (χ3v) is 4.45. The van der Waals surface area contributed by atoms with Gasteiger partial charge in [-0.1, -0.05) is 56.0 Å². The van der Waals surface area contributed by atoms with Gasteiger partial charge < -0.3 is 21.1 Å². The molecule has 0 unspecified atom stereocenters. The summed E-state index contributed by atoms with van der Waals surface area (Å²) in [5, 5.41) is 5.29. The minimum atomic E-state index is -0.930. The molecule has 4 N–H and O–H groups in total. The van der Waals surface area contributed by atoms with Crippen molar-refractivity contribution >= 4 is 17.9 Å². The number of urea groups is 1. The van der Waals surface area contributed by atoms with Gasteiger partial charge in [-0.25, -0.2) is 9.59 Å². The monoisotopic (exact) mass is 361 g/mol. The number of rotatable bonds is 7. The van der Waals surface area contributed by atoms with E-state index in [0.717, 1.165) is 31.2 Å². The lowest BCUT2D eigenvalue weighted by Gasteiger charge is -2.18. The van der Waals surface area contributed by atoms with Crippen LogP contribution >= 0.6 is 0 Å². The van der Waals surface area contributed by atoms with Gasteiger partial charge in [0.05, 0.1) is 0 Å². The van der Waals surface area contributed by atoms with E-state index in [-0.39, 0.29) is 25.0 Å². The van der Waals surface area contributed by atoms with Crippen LogP contribution in [0.5, 0.6) is 0 Å². The van der Waals surface area contributed by atoms with E-state index in [9.17, 15) is 14.4 Å². The summed E-state index contributed by atoms with van der Waals surface area (Å²) in [6, 6.07) is 7.60. The first-order chi connectivity index (χ1) is 12.5. The van der Waals surface area contributed by atoms with E-state index in [4.69, 9.17) is 10.5 Å². The normalized spacial score (nSPS) is 16.2. The smallest absolute Gasteiger partial charge is 0.329 e. The predicted octanol–water partition coefficient (Wildman–Crippen LogP) is 1.65. The largest absolute Gasteiger partial charge is 0.454 e. The molecular weight excluding hydrogens is 334 g/mol. The van der Waals surface area contributed by atoms with Crippen LogP contribution in [0, 0.1) is 0 Å². The SMILES string of the molecule is NC(=O)N[C@@H](Cc1ccccc1)C(=O)OCC(=O)NC1CCCCCC1. The summed E-state index contributed by atoms with van der Waals surface area (Å²) in [6.45, 7) is -0.360. The van der Waals surface area contributed by atoms with Gasteiger partial charge in [0.15, 0.2) is 6.61 Å². The Bertz CT molecular complexity index is 598. The second kappa shape index (κ2) is 10.4. The van der Waals surface area contributed by atoms with Crippen LogP contribution in [-0.2, 0) is 20.7 Å². The Morgan fingerprint density at radius 1 is 1.08 bits per heavy atom. The minimum absolute atomic E-state index is 0.146. The average Bonchev–Trinajstić information content (AvgIpc) is 2.88. The summed E-state index contributed by atoms with van der Waals surface area (Å²) in [5.41, 5.74) is 5.99. The second-order valence-corrected chi connectivity index (χ2v) is 6.61. The zero-order valence-corrected chi connectivity index (χ0v) is 14.9. The molecule has 0 aliphatic heterocycles. The fraction of sp³-hybridized carbons (Fsp3) is 0.526. The van der Waals surface area contributed by atoms with Crippen molar-refractivity contribution in [2.24, 2.45) is 5.73 Å². The van der Waals surface area contributed by atoms with Gasteiger partial charge in [-0.2, -0.15) is 0 Å². The van der Waals surface area contributed by atoms with E-state index in [1.807, 2.05) is 30.3 Å². The maximum absolute atomic E-state index is 12.3. The van der Waals surface area contributed by atoms with Crippen molar-refractivity contribution in [1.29, 1.82) is 0 Å². The molecule has 1 aromatic carbocycles. The van der Waals surface area contributed by atoms with Gasteiger partial charge in [0.1, 0.15) is 6.04 Å². The van der Waals surface area contributed by atoms with Crippen LogP contribution in [0.1, 0.15) is 44.1 Å². The van der Waals surface area contributed by atoms with Gasteiger partial charge in [-0.15, -0.1) is 0 Å². The second-order valence-electron chi connectivity index (χ2n) is 6.61. The number of amides is 3. The number of nitrogens with one attached hydrogen (secondary N) is 2. The fourth-order valence-electron chi connectivity index (χ4n) is 3.15. The number of hydrogen-bond donors (Lipinski definition) is 3. The van der Waals surface area contributed by atoms with Crippen molar-refractivity contribution in [3.63, 3.8) is 0 Å². The van der Waals surface area contributed by atoms with Gasteiger partial charge >= 0.3 is 12.0 Å². The van der Waals surface area contributed by atoms with E-state index in [1.54, 1.807) is 0 Å². The Labute approximate surface area is 153 Å². The van der Waals surface area contributed by atoms with Crippen molar-refractivity contribution < 1.29 is 19.1 Å². The number of carbonyl (C=O) groups excluding carboxylic acids is 3. The molecule has 0 saturated heterocycles. The minimum Gasteiger partial charge on any atom is -0.454 e. The summed E-state index contributed by atoms with van der Waals surface area (Å²) in [5.74, 6) is -0.994. The number of carbonyl (C=O) groups is 3. The number of benzene rings is 1. The molecule has 1 saturated carbocycles. The van der Waals surface area contributed by atoms with Crippen LogP contribution in [-0.4, -0.2) is 36.6 Å². The average molecular weight is 361 g/mol. The molecule has 7 nitrogen and oxygen atoms in total. The third-order valence-electron chi connectivity index (χ3n) is 4.45. The quantitative estimate of drug-likeness (QED) is 0.506.